The molecule has 0 saturated heterocycles. The highest BCUT2D eigenvalue weighted by Crippen LogP contribution is 2.07. The van der Waals surface area contributed by atoms with Crippen LogP contribution in [0.1, 0.15) is 0 Å². The molecular formula is C3H2ClF3O2. The van der Waals surface area contributed by atoms with Gasteiger partial charge in [0.1, 0.15) is 0 Å². The number of carbonyl (C=O) groups is 1. The zero-order valence-corrected chi connectivity index (χ0v) is 4.74. The summed E-state index contributed by atoms with van der Waals surface area (Å²) in [6, 6.07) is 0. The quantitative estimate of drug-likeness (QED) is 0.580. The number of ether oxygens (including phenoxy) is 1. The van der Waals surface area contributed by atoms with E-state index in [2.05, 4.69) is 16.3 Å². The zero-order valence-electron chi connectivity index (χ0n) is 3.98. The molecule has 0 bridgehead atoms. The molecule has 0 heterocycles. The van der Waals surface area contributed by atoms with Gasteiger partial charge in [-0.1, -0.05) is 0 Å². The van der Waals surface area contributed by atoms with E-state index in [0.717, 1.165) is 0 Å². The van der Waals surface area contributed by atoms with Crippen LogP contribution in [-0.2, 0) is 4.74 Å². The summed E-state index contributed by atoms with van der Waals surface area (Å²) in [6.45, 7) is 0. The van der Waals surface area contributed by atoms with Crippen LogP contribution in [0.25, 0.3) is 0 Å². The molecule has 0 aromatic carbocycles. The summed E-state index contributed by atoms with van der Waals surface area (Å²) in [5.74, 6) is 0. The molecule has 0 N–H and O–H groups in total. The molecule has 0 aliphatic carbocycles. The van der Waals surface area contributed by atoms with Gasteiger partial charge in [-0.05, 0) is 0 Å². The van der Waals surface area contributed by atoms with Crippen LogP contribution in [0, 0.1) is 0 Å². The summed E-state index contributed by atoms with van der Waals surface area (Å²) < 4.78 is 36.9. The molecule has 1 unspecified atom stereocenters. The predicted molar refractivity (Wildman–Crippen MR) is 23.2 cm³/mol. The molecule has 0 aromatic heterocycles. The lowest BCUT2D eigenvalue weighted by Gasteiger charge is -2.03. The molecule has 0 aliphatic rings. The Bertz CT molecular complexity index is 107. The van der Waals surface area contributed by atoms with Crippen LogP contribution < -0.4 is 0 Å². The molecule has 1 atom stereocenters. The molecule has 0 aromatic rings. The number of rotatable bonds is 2. The topological polar surface area (TPSA) is 26.3 Å². The van der Waals surface area contributed by atoms with E-state index in [1.54, 1.807) is 0 Å². The Morgan fingerprint density at radius 3 is 2.00 bits per heavy atom. The fourth-order valence-corrected chi connectivity index (χ4v) is 0.225. The van der Waals surface area contributed by atoms with E-state index in [0.29, 0.717) is 0 Å². The molecule has 0 spiro atoms. The molecule has 0 fully saturated rings. The average molecular weight is 162 g/mol. The standard InChI is InChI=1S/C3H2ClF3O2/c4-3(8)9-2(7)1(5)6/h1-2H. The van der Waals surface area contributed by atoms with Gasteiger partial charge in [0.2, 0.25) is 0 Å². The molecular weight excluding hydrogens is 160 g/mol. The SMILES string of the molecule is O=C(Cl)OC(F)C(F)F. The molecule has 0 saturated carbocycles. The van der Waals surface area contributed by atoms with Gasteiger partial charge in [0.15, 0.2) is 0 Å². The number of halogens is 4. The van der Waals surface area contributed by atoms with Gasteiger partial charge < -0.3 is 4.74 Å². The first kappa shape index (κ1) is 8.55. The van der Waals surface area contributed by atoms with Crippen molar-refractivity contribution in [2.75, 3.05) is 0 Å². The molecule has 0 rings (SSSR count). The number of hydrogen-bond acceptors (Lipinski definition) is 2. The average Bonchev–Trinajstić information content (AvgIpc) is 1.63. The van der Waals surface area contributed by atoms with Crippen molar-refractivity contribution in [3.8, 4) is 0 Å². The molecule has 0 radical (unpaired) electrons. The minimum absolute atomic E-state index is 1.58. The minimum Gasteiger partial charge on any atom is -0.413 e. The Morgan fingerprint density at radius 1 is 1.44 bits per heavy atom. The van der Waals surface area contributed by atoms with Gasteiger partial charge in [0.25, 0.3) is 0 Å². The smallest absolute Gasteiger partial charge is 0.406 e. The third-order valence-electron chi connectivity index (χ3n) is 0.403. The van der Waals surface area contributed by atoms with E-state index >= 15 is 0 Å². The maximum atomic E-state index is 11.5. The van der Waals surface area contributed by atoms with Crippen LogP contribution in [0.5, 0.6) is 0 Å². The Hall–Kier alpha value is -0.450. The highest BCUT2D eigenvalue weighted by atomic mass is 35.5. The second-order valence-electron chi connectivity index (χ2n) is 1.04. The van der Waals surface area contributed by atoms with Crippen LogP contribution in [-0.4, -0.2) is 18.2 Å². The van der Waals surface area contributed by atoms with Crippen molar-refractivity contribution in [2.24, 2.45) is 0 Å². The van der Waals surface area contributed by atoms with Crippen molar-refractivity contribution >= 4 is 17.0 Å². The van der Waals surface area contributed by atoms with Gasteiger partial charge in [-0.3, -0.25) is 0 Å². The fraction of sp³-hybridized carbons (Fsp3) is 0.667. The lowest BCUT2D eigenvalue weighted by atomic mass is 10.7. The Kier molecular flexibility index (Phi) is 3.37. The van der Waals surface area contributed by atoms with Crippen LogP contribution in [0.3, 0.4) is 0 Å². The van der Waals surface area contributed by atoms with Gasteiger partial charge in [0.05, 0.1) is 0 Å². The van der Waals surface area contributed by atoms with E-state index in [1.165, 1.54) is 0 Å². The van der Waals surface area contributed by atoms with Crippen molar-refractivity contribution in [3.05, 3.63) is 0 Å². The highest BCUT2D eigenvalue weighted by Gasteiger charge is 2.22. The minimum atomic E-state index is -3.34. The summed E-state index contributed by atoms with van der Waals surface area (Å²) in [5, 5.41) is 0. The molecule has 9 heavy (non-hydrogen) atoms. The highest BCUT2D eigenvalue weighted by molar-refractivity contribution is 6.61. The van der Waals surface area contributed by atoms with Crippen molar-refractivity contribution in [1.82, 2.24) is 0 Å². The van der Waals surface area contributed by atoms with E-state index in [9.17, 15) is 18.0 Å². The van der Waals surface area contributed by atoms with Gasteiger partial charge in [-0.15, -0.1) is 0 Å². The summed E-state index contributed by atoms with van der Waals surface area (Å²) in [7, 11) is 0. The van der Waals surface area contributed by atoms with Gasteiger partial charge in [-0.25, -0.2) is 13.6 Å². The van der Waals surface area contributed by atoms with Crippen LogP contribution in [0.4, 0.5) is 18.0 Å². The monoisotopic (exact) mass is 162 g/mol. The van der Waals surface area contributed by atoms with E-state index in [-0.39, 0.29) is 0 Å². The van der Waals surface area contributed by atoms with E-state index in [1.807, 2.05) is 0 Å². The summed E-state index contributed by atoms with van der Waals surface area (Å²) in [5.41, 5.74) is -1.58. The maximum Gasteiger partial charge on any atom is 0.406 e. The lowest BCUT2D eigenvalue weighted by Crippen LogP contribution is -2.17. The number of hydrogen-bond donors (Lipinski definition) is 0. The molecule has 0 amide bonds. The third kappa shape index (κ3) is 4.08. The van der Waals surface area contributed by atoms with Gasteiger partial charge in [0, 0.05) is 11.6 Å². The van der Waals surface area contributed by atoms with Crippen LogP contribution >= 0.6 is 11.6 Å². The first-order chi connectivity index (χ1) is 4.04. The second-order valence-corrected chi connectivity index (χ2v) is 1.35. The summed E-state index contributed by atoms with van der Waals surface area (Å²) in [6.07, 6.45) is -6.26. The third-order valence-corrected chi connectivity index (χ3v) is 0.492. The molecule has 6 heteroatoms. The van der Waals surface area contributed by atoms with Gasteiger partial charge >= 0.3 is 18.2 Å². The van der Waals surface area contributed by atoms with Crippen molar-refractivity contribution < 1.29 is 22.7 Å². The van der Waals surface area contributed by atoms with Crippen LogP contribution in [0.2, 0.25) is 0 Å². The molecule has 54 valence electrons. The Morgan fingerprint density at radius 2 is 1.89 bits per heavy atom. The van der Waals surface area contributed by atoms with E-state index < -0.39 is 18.2 Å². The number of alkyl halides is 3. The zero-order chi connectivity index (χ0) is 7.44. The summed E-state index contributed by atoms with van der Waals surface area (Å²) >= 11 is 4.38. The van der Waals surface area contributed by atoms with Crippen LogP contribution in [0.15, 0.2) is 0 Å². The largest absolute Gasteiger partial charge is 0.413 e. The maximum absolute atomic E-state index is 11.5. The second kappa shape index (κ2) is 3.55. The predicted octanol–water partition coefficient (Wildman–Crippen LogP) is 1.92. The fourth-order valence-electron chi connectivity index (χ4n) is 0.140. The molecule has 2 nitrogen and oxygen atoms in total. The molecule has 0 aliphatic heterocycles. The van der Waals surface area contributed by atoms with Gasteiger partial charge in [-0.2, -0.15) is 4.39 Å². The Balaban J connectivity index is 3.50. The first-order valence-corrected chi connectivity index (χ1v) is 2.20. The normalized spacial score (nSPS) is 13.4. The summed E-state index contributed by atoms with van der Waals surface area (Å²) in [4.78, 5) is 9.53. The Labute approximate surface area is 53.5 Å². The van der Waals surface area contributed by atoms with Crippen molar-refractivity contribution in [3.63, 3.8) is 0 Å². The number of carbonyl (C=O) groups excluding carboxylic acids is 1. The first-order valence-electron chi connectivity index (χ1n) is 1.82. The van der Waals surface area contributed by atoms with Crippen molar-refractivity contribution in [2.45, 2.75) is 12.8 Å². The lowest BCUT2D eigenvalue weighted by molar-refractivity contribution is -0.0835. The van der Waals surface area contributed by atoms with E-state index in [4.69, 9.17) is 0 Å². The van der Waals surface area contributed by atoms with Crippen molar-refractivity contribution in [1.29, 1.82) is 0 Å².